The van der Waals surface area contributed by atoms with Gasteiger partial charge in [0.05, 0.1) is 6.54 Å². The molecule has 0 heterocycles. The van der Waals surface area contributed by atoms with E-state index in [1.807, 2.05) is 0 Å². The number of aliphatic imine (C=N–C) groups is 1. The van der Waals surface area contributed by atoms with Crippen LogP contribution >= 0.6 is 0 Å². The standard InChI is InChI=1S/C3H10N4.2CH4/c4-1-2-7-3(5)6;;/h1-2,4H2,(H4,5,6,7);2*1H4. The predicted octanol–water partition coefficient (Wildman–Crippen LogP) is -0.509. The van der Waals surface area contributed by atoms with Gasteiger partial charge in [0.25, 0.3) is 0 Å². The van der Waals surface area contributed by atoms with Gasteiger partial charge in [-0.2, -0.15) is 0 Å². The van der Waals surface area contributed by atoms with E-state index in [1.54, 1.807) is 0 Å². The highest BCUT2D eigenvalue weighted by molar-refractivity contribution is 5.75. The van der Waals surface area contributed by atoms with Crippen LogP contribution in [0.2, 0.25) is 0 Å². The second-order valence-corrected chi connectivity index (χ2v) is 1.10. The lowest BCUT2D eigenvalue weighted by Gasteiger charge is -1.86. The molecule has 0 aromatic heterocycles. The fraction of sp³-hybridized carbons (Fsp3) is 0.800. The molecule has 9 heavy (non-hydrogen) atoms. The van der Waals surface area contributed by atoms with E-state index < -0.39 is 0 Å². The second kappa shape index (κ2) is 10.3. The molecule has 0 rings (SSSR count). The lowest BCUT2D eigenvalue weighted by Crippen LogP contribution is -2.24. The first kappa shape index (κ1) is 15.7. The average Bonchev–Trinajstić information content (AvgIpc) is 1.61. The Labute approximate surface area is 57.1 Å². The van der Waals surface area contributed by atoms with E-state index in [2.05, 4.69) is 4.99 Å². The molecule has 0 aliphatic heterocycles. The molecule has 0 aliphatic carbocycles. The largest absolute Gasteiger partial charge is 0.370 e. The zero-order valence-corrected chi connectivity index (χ0v) is 4.09. The van der Waals surface area contributed by atoms with E-state index in [-0.39, 0.29) is 20.8 Å². The minimum Gasteiger partial charge on any atom is -0.370 e. The van der Waals surface area contributed by atoms with Gasteiger partial charge in [-0.15, -0.1) is 0 Å². The normalized spacial score (nSPS) is 6.33. The first-order valence-electron chi connectivity index (χ1n) is 2.03. The van der Waals surface area contributed by atoms with Gasteiger partial charge in [-0.25, -0.2) is 0 Å². The third kappa shape index (κ3) is 19.0. The van der Waals surface area contributed by atoms with E-state index in [4.69, 9.17) is 17.2 Å². The lowest BCUT2D eigenvalue weighted by molar-refractivity contribution is 0.970. The Hall–Kier alpha value is -0.770. The molecular weight excluding hydrogens is 116 g/mol. The Bertz CT molecular complexity index is 65.4. The summed E-state index contributed by atoms with van der Waals surface area (Å²) >= 11 is 0. The van der Waals surface area contributed by atoms with Crippen molar-refractivity contribution in [2.24, 2.45) is 22.2 Å². The molecule has 0 amide bonds. The number of guanidine groups is 1. The number of rotatable bonds is 2. The zero-order chi connectivity index (χ0) is 5.70. The lowest BCUT2D eigenvalue weighted by atomic mass is 10.7. The second-order valence-electron chi connectivity index (χ2n) is 1.10. The molecule has 0 spiro atoms. The number of nitrogens with zero attached hydrogens (tertiary/aromatic N) is 1. The molecule has 6 N–H and O–H groups in total. The number of hydrogen-bond donors (Lipinski definition) is 3. The molecule has 0 unspecified atom stereocenters. The van der Waals surface area contributed by atoms with Crippen LogP contribution in [0, 0.1) is 0 Å². The summed E-state index contributed by atoms with van der Waals surface area (Å²) in [5.74, 6) is 0.102. The van der Waals surface area contributed by atoms with Gasteiger partial charge in [-0.3, -0.25) is 4.99 Å². The highest BCUT2D eigenvalue weighted by Gasteiger charge is 1.74. The molecule has 0 saturated heterocycles. The summed E-state index contributed by atoms with van der Waals surface area (Å²) in [6.45, 7) is 1.01. The molecule has 0 aliphatic rings. The van der Waals surface area contributed by atoms with Crippen molar-refractivity contribution in [1.82, 2.24) is 0 Å². The highest BCUT2D eigenvalue weighted by Crippen LogP contribution is 1.58. The Balaban J connectivity index is -0.000000180. The van der Waals surface area contributed by atoms with Crippen molar-refractivity contribution in [3.8, 4) is 0 Å². The van der Waals surface area contributed by atoms with Gasteiger partial charge in [0.1, 0.15) is 0 Å². The van der Waals surface area contributed by atoms with Crippen molar-refractivity contribution in [3.63, 3.8) is 0 Å². The fourth-order valence-electron chi connectivity index (χ4n) is 0.194. The molecule has 0 atom stereocenters. The maximum absolute atomic E-state index is 5.06. The third-order valence-corrected chi connectivity index (χ3v) is 0.423. The summed E-state index contributed by atoms with van der Waals surface area (Å²) in [6, 6.07) is 0. The SMILES string of the molecule is C.C.NCCN=C(N)N. The summed E-state index contributed by atoms with van der Waals surface area (Å²) in [7, 11) is 0. The summed E-state index contributed by atoms with van der Waals surface area (Å²) in [6.07, 6.45) is 0. The number of nitrogens with two attached hydrogens (primary N) is 3. The van der Waals surface area contributed by atoms with Crippen LogP contribution in [0.4, 0.5) is 0 Å². The first-order chi connectivity index (χ1) is 3.27. The molecule has 4 nitrogen and oxygen atoms in total. The quantitative estimate of drug-likeness (QED) is 0.351. The molecule has 58 valence electrons. The Morgan fingerprint density at radius 3 is 1.78 bits per heavy atom. The van der Waals surface area contributed by atoms with Crippen molar-refractivity contribution in [1.29, 1.82) is 0 Å². The zero-order valence-electron chi connectivity index (χ0n) is 4.09. The van der Waals surface area contributed by atoms with Gasteiger partial charge < -0.3 is 17.2 Å². The van der Waals surface area contributed by atoms with Crippen LogP contribution in [0.1, 0.15) is 14.9 Å². The monoisotopic (exact) mass is 134 g/mol. The molecule has 0 aromatic carbocycles. The minimum absolute atomic E-state index is 0. The predicted molar refractivity (Wildman–Crippen MR) is 43.2 cm³/mol. The van der Waals surface area contributed by atoms with Crippen LogP contribution in [0.5, 0.6) is 0 Å². The molecule has 0 bridgehead atoms. The summed E-state index contributed by atoms with van der Waals surface area (Å²) in [4.78, 5) is 3.59. The van der Waals surface area contributed by atoms with Crippen molar-refractivity contribution in [2.45, 2.75) is 14.9 Å². The van der Waals surface area contributed by atoms with E-state index in [1.165, 1.54) is 0 Å². The van der Waals surface area contributed by atoms with Crippen LogP contribution < -0.4 is 17.2 Å². The van der Waals surface area contributed by atoms with Gasteiger partial charge in [-0.05, 0) is 0 Å². The maximum Gasteiger partial charge on any atom is 0.185 e. The molecule has 0 radical (unpaired) electrons. The molecular formula is C5H18N4. The maximum atomic E-state index is 5.06. The van der Waals surface area contributed by atoms with Crippen molar-refractivity contribution >= 4 is 5.96 Å². The van der Waals surface area contributed by atoms with E-state index in [0.717, 1.165) is 0 Å². The van der Waals surface area contributed by atoms with Gasteiger partial charge in [0.15, 0.2) is 5.96 Å². The van der Waals surface area contributed by atoms with Gasteiger partial charge in [0.2, 0.25) is 0 Å². The van der Waals surface area contributed by atoms with Crippen molar-refractivity contribution < 1.29 is 0 Å². The van der Waals surface area contributed by atoms with E-state index in [0.29, 0.717) is 13.1 Å². The van der Waals surface area contributed by atoms with E-state index in [9.17, 15) is 0 Å². The smallest absolute Gasteiger partial charge is 0.185 e. The summed E-state index contributed by atoms with van der Waals surface area (Å²) < 4.78 is 0. The van der Waals surface area contributed by atoms with Gasteiger partial charge in [0, 0.05) is 6.54 Å². The summed E-state index contributed by atoms with van der Waals surface area (Å²) in [5, 5.41) is 0. The number of hydrogen-bond acceptors (Lipinski definition) is 2. The first-order valence-corrected chi connectivity index (χ1v) is 2.03. The Morgan fingerprint density at radius 1 is 1.22 bits per heavy atom. The Kier molecular flexibility index (Phi) is 17.9. The third-order valence-electron chi connectivity index (χ3n) is 0.423. The fourth-order valence-corrected chi connectivity index (χ4v) is 0.194. The molecule has 0 saturated carbocycles. The minimum atomic E-state index is 0. The van der Waals surface area contributed by atoms with Gasteiger partial charge in [-0.1, -0.05) is 14.9 Å². The summed E-state index contributed by atoms with van der Waals surface area (Å²) in [5.41, 5.74) is 15.0. The van der Waals surface area contributed by atoms with Crippen LogP contribution in [0.25, 0.3) is 0 Å². The van der Waals surface area contributed by atoms with Gasteiger partial charge >= 0.3 is 0 Å². The van der Waals surface area contributed by atoms with Crippen LogP contribution in [0.15, 0.2) is 4.99 Å². The van der Waals surface area contributed by atoms with Crippen molar-refractivity contribution in [2.75, 3.05) is 13.1 Å². The van der Waals surface area contributed by atoms with E-state index >= 15 is 0 Å². The highest BCUT2D eigenvalue weighted by atomic mass is 15.0. The van der Waals surface area contributed by atoms with Crippen LogP contribution in [-0.2, 0) is 0 Å². The topological polar surface area (TPSA) is 90.4 Å². The Morgan fingerprint density at radius 2 is 1.67 bits per heavy atom. The van der Waals surface area contributed by atoms with Crippen LogP contribution in [-0.4, -0.2) is 19.0 Å². The molecule has 0 aromatic rings. The molecule has 0 fully saturated rings. The van der Waals surface area contributed by atoms with Crippen molar-refractivity contribution in [3.05, 3.63) is 0 Å². The molecule has 4 heteroatoms. The van der Waals surface area contributed by atoms with Crippen LogP contribution in [0.3, 0.4) is 0 Å². The average molecular weight is 134 g/mol.